The lowest BCUT2D eigenvalue weighted by Crippen LogP contribution is -2.49. The van der Waals surface area contributed by atoms with Gasteiger partial charge in [0.15, 0.2) is 0 Å². The highest BCUT2D eigenvalue weighted by atomic mass is 19.1. The number of halogens is 1. The molecule has 278 valence electrons. The zero-order chi connectivity index (χ0) is 37.0. The van der Waals surface area contributed by atoms with Gasteiger partial charge in [-0.3, -0.25) is 14.5 Å². The number of benzene rings is 4. The average Bonchev–Trinajstić information content (AvgIpc) is 3.47. The van der Waals surface area contributed by atoms with Gasteiger partial charge in [0, 0.05) is 73.1 Å². The van der Waals surface area contributed by atoms with Crippen molar-refractivity contribution in [1.29, 1.82) is 5.26 Å². The third-order valence-electron chi connectivity index (χ3n) is 11.8. The van der Waals surface area contributed by atoms with Crippen LogP contribution in [-0.2, 0) is 11.2 Å². The number of unbranched alkanes of at least 4 members (excludes halogenated alkanes) is 3. The first-order chi connectivity index (χ1) is 26.5. The van der Waals surface area contributed by atoms with E-state index in [0.717, 1.165) is 86.7 Å². The van der Waals surface area contributed by atoms with Crippen LogP contribution in [0.15, 0.2) is 83.7 Å². The molecule has 8 rings (SSSR count). The number of aromatic nitrogens is 2. The van der Waals surface area contributed by atoms with E-state index in [1.807, 2.05) is 30.3 Å². The predicted molar refractivity (Wildman–Crippen MR) is 209 cm³/mol. The summed E-state index contributed by atoms with van der Waals surface area (Å²) in [5.41, 5.74) is 3.26. The fourth-order valence-electron chi connectivity index (χ4n) is 8.99. The number of fused-ring (bicyclic) bond motifs is 4. The molecule has 4 heterocycles. The summed E-state index contributed by atoms with van der Waals surface area (Å²) in [5, 5.41) is 19.9. The summed E-state index contributed by atoms with van der Waals surface area (Å²) in [7, 11) is 0. The minimum absolute atomic E-state index is 0.0787. The molecular formula is C44H47FN6O3. The molecule has 2 unspecified atom stereocenters. The second kappa shape index (κ2) is 16.1. The number of rotatable bonds is 12. The van der Waals surface area contributed by atoms with Gasteiger partial charge < -0.3 is 14.5 Å². The molecule has 0 radical (unpaired) electrons. The van der Waals surface area contributed by atoms with E-state index in [1.54, 1.807) is 23.1 Å². The van der Waals surface area contributed by atoms with Crippen molar-refractivity contribution in [2.45, 2.75) is 76.0 Å². The molecule has 3 saturated heterocycles. The maximum absolute atomic E-state index is 14.9. The van der Waals surface area contributed by atoms with Crippen LogP contribution < -0.4 is 10.5 Å². The standard InChI is InChI=1S/C44H47FN6O3/c45-40-17-13-30(26-41-36-10-4-6-12-38(36)43(52)48-47-41)25-39(40)44(53)50-22-20-49(21-23-50)19-7-1-2-8-24-54-34-27-32-15-16-33(28-34)51(32)42-18-14-31(29-46)35-9-3-5-11-37(35)42/h3-6,9-14,17-18,25,32-34H,1-2,7-8,15-16,19-24,26-28H2,(H,48,52). The second-order valence-electron chi connectivity index (χ2n) is 15.1. The molecule has 0 saturated carbocycles. The Hall–Kier alpha value is -5.11. The summed E-state index contributed by atoms with van der Waals surface area (Å²) >= 11 is 0. The van der Waals surface area contributed by atoms with Gasteiger partial charge >= 0.3 is 0 Å². The first-order valence-corrected chi connectivity index (χ1v) is 19.5. The molecular weight excluding hydrogens is 680 g/mol. The normalized spacial score (nSPS) is 20.1. The largest absolute Gasteiger partial charge is 0.378 e. The number of aromatic amines is 1. The SMILES string of the molecule is N#Cc1ccc(N2C3CCC2CC(OCCCCCCN2CCN(C(=O)c4cc(Cc5n[nH]c(=O)c6ccccc56)ccc4F)CC2)C3)c2ccccc12. The van der Waals surface area contributed by atoms with E-state index in [-0.39, 0.29) is 17.0 Å². The van der Waals surface area contributed by atoms with Gasteiger partial charge in [-0.2, -0.15) is 10.4 Å². The van der Waals surface area contributed by atoms with Crippen molar-refractivity contribution in [1.82, 2.24) is 20.0 Å². The summed E-state index contributed by atoms with van der Waals surface area (Å²) in [6.07, 6.45) is 9.66. The number of carbonyl (C=O) groups is 1. The van der Waals surface area contributed by atoms with Gasteiger partial charge in [-0.15, -0.1) is 0 Å². The van der Waals surface area contributed by atoms with Crippen LogP contribution in [0.3, 0.4) is 0 Å². The minimum Gasteiger partial charge on any atom is -0.378 e. The number of H-pyrrole nitrogens is 1. The number of piperazine rings is 1. The van der Waals surface area contributed by atoms with E-state index in [2.05, 4.69) is 50.3 Å². The maximum Gasteiger partial charge on any atom is 0.272 e. The van der Waals surface area contributed by atoms with Crippen LogP contribution in [0.25, 0.3) is 21.5 Å². The number of nitrogens with one attached hydrogen (secondary N) is 1. The zero-order valence-corrected chi connectivity index (χ0v) is 30.7. The van der Waals surface area contributed by atoms with Gasteiger partial charge in [0.1, 0.15) is 5.82 Å². The van der Waals surface area contributed by atoms with Crippen LogP contribution >= 0.6 is 0 Å². The van der Waals surface area contributed by atoms with Crippen LogP contribution in [0, 0.1) is 17.1 Å². The lowest BCUT2D eigenvalue weighted by atomic mass is 9.96. The van der Waals surface area contributed by atoms with Gasteiger partial charge in [0.2, 0.25) is 0 Å². The van der Waals surface area contributed by atoms with Crippen LogP contribution in [0.1, 0.15) is 78.5 Å². The Labute approximate surface area is 315 Å². The topological polar surface area (TPSA) is 106 Å². The molecule has 2 atom stereocenters. The van der Waals surface area contributed by atoms with Crippen molar-refractivity contribution in [3.63, 3.8) is 0 Å². The lowest BCUT2D eigenvalue weighted by Gasteiger charge is -2.41. The van der Waals surface area contributed by atoms with Crippen molar-refractivity contribution < 1.29 is 13.9 Å². The third-order valence-corrected chi connectivity index (χ3v) is 11.8. The molecule has 3 fully saturated rings. The molecule has 2 bridgehead atoms. The number of hydrogen-bond acceptors (Lipinski definition) is 7. The highest BCUT2D eigenvalue weighted by molar-refractivity contribution is 5.98. The Morgan fingerprint density at radius 2 is 1.56 bits per heavy atom. The van der Waals surface area contributed by atoms with Crippen LogP contribution in [0.5, 0.6) is 0 Å². The number of ether oxygens (including phenoxy) is 1. The monoisotopic (exact) mass is 726 g/mol. The highest BCUT2D eigenvalue weighted by Gasteiger charge is 2.41. The quantitative estimate of drug-likeness (QED) is 0.136. The lowest BCUT2D eigenvalue weighted by molar-refractivity contribution is 0.0244. The number of nitrogens with zero attached hydrogens (tertiary/aromatic N) is 5. The van der Waals surface area contributed by atoms with E-state index < -0.39 is 5.82 Å². The van der Waals surface area contributed by atoms with Crippen LogP contribution in [-0.4, -0.2) is 83.4 Å². The van der Waals surface area contributed by atoms with Gasteiger partial charge in [-0.25, -0.2) is 9.49 Å². The van der Waals surface area contributed by atoms with Crippen LogP contribution in [0.4, 0.5) is 10.1 Å². The number of nitriles is 1. The molecule has 3 aliphatic rings. The van der Waals surface area contributed by atoms with E-state index in [9.17, 15) is 19.2 Å². The number of carbonyl (C=O) groups excluding carboxylic acids is 1. The van der Waals surface area contributed by atoms with E-state index in [1.165, 1.54) is 30.0 Å². The second-order valence-corrected chi connectivity index (χ2v) is 15.1. The Morgan fingerprint density at radius 3 is 2.31 bits per heavy atom. The summed E-state index contributed by atoms with van der Waals surface area (Å²) in [6.45, 7) is 4.51. The van der Waals surface area contributed by atoms with Gasteiger partial charge in [0.25, 0.3) is 11.5 Å². The van der Waals surface area contributed by atoms with Crippen LogP contribution in [0.2, 0.25) is 0 Å². The van der Waals surface area contributed by atoms with Gasteiger partial charge in [-0.1, -0.05) is 61.4 Å². The number of hydrogen-bond donors (Lipinski definition) is 1. The van der Waals surface area contributed by atoms with Gasteiger partial charge in [0.05, 0.1) is 34.4 Å². The Bertz CT molecular complexity index is 2230. The third kappa shape index (κ3) is 7.48. The molecule has 5 aromatic rings. The molecule has 54 heavy (non-hydrogen) atoms. The molecule has 1 amide bonds. The first kappa shape index (κ1) is 35.9. The maximum atomic E-state index is 14.9. The molecule has 4 aromatic carbocycles. The van der Waals surface area contributed by atoms with Crippen molar-refractivity contribution in [2.24, 2.45) is 0 Å². The number of anilines is 1. The van der Waals surface area contributed by atoms with E-state index >= 15 is 0 Å². The summed E-state index contributed by atoms with van der Waals surface area (Å²) in [5.74, 6) is -0.807. The molecule has 9 nitrogen and oxygen atoms in total. The summed E-state index contributed by atoms with van der Waals surface area (Å²) < 4.78 is 21.4. The Kier molecular flexibility index (Phi) is 10.7. The molecule has 3 aliphatic heterocycles. The molecule has 1 N–H and O–H groups in total. The minimum atomic E-state index is -0.524. The zero-order valence-electron chi connectivity index (χ0n) is 30.7. The summed E-state index contributed by atoms with van der Waals surface area (Å²) in [6, 6.07) is 27.7. The van der Waals surface area contributed by atoms with Crippen molar-refractivity contribution in [2.75, 3.05) is 44.2 Å². The Balaban J connectivity index is 0.745. The molecule has 1 aromatic heterocycles. The smallest absolute Gasteiger partial charge is 0.272 e. The molecule has 0 aliphatic carbocycles. The van der Waals surface area contributed by atoms with Crippen molar-refractivity contribution >= 4 is 33.1 Å². The van der Waals surface area contributed by atoms with E-state index in [0.29, 0.717) is 48.8 Å². The highest BCUT2D eigenvalue weighted by Crippen LogP contribution is 2.43. The first-order valence-electron chi connectivity index (χ1n) is 19.5. The number of amides is 1. The van der Waals surface area contributed by atoms with Crippen molar-refractivity contribution in [3.8, 4) is 6.07 Å². The Morgan fingerprint density at radius 1 is 0.852 bits per heavy atom. The molecule has 10 heteroatoms. The summed E-state index contributed by atoms with van der Waals surface area (Å²) in [4.78, 5) is 32.4. The van der Waals surface area contributed by atoms with Crippen molar-refractivity contribution in [3.05, 3.63) is 117 Å². The predicted octanol–water partition coefficient (Wildman–Crippen LogP) is 7.21. The fraction of sp³-hybridized carbons (Fsp3) is 0.409. The van der Waals surface area contributed by atoms with Gasteiger partial charge in [-0.05, 0) is 81.0 Å². The average molecular weight is 727 g/mol. The fourth-order valence-corrected chi connectivity index (χ4v) is 8.99. The van der Waals surface area contributed by atoms with E-state index in [4.69, 9.17) is 4.74 Å². The molecule has 0 spiro atoms. The number of piperidine rings is 1.